The standard InChI is InChI=1S/C13H22Cl2N2O/c1-11(8-13(11,14)15)10(18)16-9-12(17(2)3)6-4-5-7-12/h4-9H2,1-3H3,(H,16,18)/t11-/m0/s1. The summed E-state index contributed by atoms with van der Waals surface area (Å²) < 4.78 is -0.877. The van der Waals surface area contributed by atoms with E-state index in [1.807, 2.05) is 6.92 Å². The molecule has 0 unspecified atom stereocenters. The average Bonchev–Trinajstić information content (AvgIpc) is 2.69. The number of likely N-dealkylation sites (N-methyl/N-ethyl adjacent to an activating group) is 1. The predicted molar refractivity (Wildman–Crippen MR) is 75.1 cm³/mol. The van der Waals surface area contributed by atoms with Gasteiger partial charge in [-0.05, 0) is 40.3 Å². The summed E-state index contributed by atoms with van der Waals surface area (Å²) >= 11 is 12.1. The van der Waals surface area contributed by atoms with Crippen LogP contribution in [-0.4, -0.2) is 41.3 Å². The summed E-state index contributed by atoms with van der Waals surface area (Å²) in [5.41, 5.74) is -0.496. The number of hydrogen-bond donors (Lipinski definition) is 1. The van der Waals surface area contributed by atoms with Crippen molar-refractivity contribution in [2.24, 2.45) is 5.41 Å². The van der Waals surface area contributed by atoms with Crippen LogP contribution < -0.4 is 5.32 Å². The van der Waals surface area contributed by atoms with Crippen LogP contribution in [0.1, 0.15) is 39.0 Å². The number of alkyl halides is 2. The second kappa shape index (κ2) is 4.53. The van der Waals surface area contributed by atoms with Crippen molar-refractivity contribution in [3.8, 4) is 0 Å². The van der Waals surface area contributed by atoms with Gasteiger partial charge in [-0.25, -0.2) is 0 Å². The monoisotopic (exact) mass is 292 g/mol. The molecule has 1 N–H and O–H groups in total. The van der Waals surface area contributed by atoms with E-state index in [0.29, 0.717) is 13.0 Å². The van der Waals surface area contributed by atoms with Gasteiger partial charge < -0.3 is 10.2 Å². The molecule has 1 amide bonds. The number of amides is 1. The smallest absolute Gasteiger partial charge is 0.229 e. The van der Waals surface area contributed by atoms with Crippen LogP contribution in [0.3, 0.4) is 0 Å². The summed E-state index contributed by atoms with van der Waals surface area (Å²) in [6.45, 7) is 2.53. The highest BCUT2D eigenvalue weighted by atomic mass is 35.5. The molecule has 18 heavy (non-hydrogen) atoms. The van der Waals surface area contributed by atoms with Crippen LogP contribution in [0, 0.1) is 5.41 Å². The first-order valence-corrected chi connectivity index (χ1v) is 7.33. The van der Waals surface area contributed by atoms with E-state index in [1.165, 1.54) is 12.8 Å². The minimum absolute atomic E-state index is 0.0133. The maximum atomic E-state index is 12.2. The topological polar surface area (TPSA) is 32.3 Å². The normalized spacial score (nSPS) is 32.6. The Hall–Kier alpha value is 0.01000. The fraction of sp³-hybridized carbons (Fsp3) is 0.923. The van der Waals surface area contributed by atoms with Crippen molar-refractivity contribution < 1.29 is 4.79 Å². The molecule has 0 saturated heterocycles. The number of hydrogen-bond acceptors (Lipinski definition) is 2. The Labute approximate surface area is 119 Å². The maximum absolute atomic E-state index is 12.2. The van der Waals surface area contributed by atoms with Gasteiger partial charge in [0.05, 0.1) is 5.41 Å². The van der Waals surface area contributed by atoms with Crippen LogP contribution in [0.4, 0.5) is 0 Å². The first-order chi connectivity index (χ1) is 8.24. The van der Waals surface area contributed by atoms with E-state index in [9.17, 15) is 4.79 Å². The fourth-order valence-electron chi connectivity index (χ4n) is 2.90. The van der Waals surface area contributed by atoms with E-state index in [4.69, 9.17) is 23.2 Å². The van der Waals surface area contributed by atoms with Crippen molar-refractivity contribution in [2.45, 2.75) is 48.9 Å². The number of halogens is 2. The number of carbonyl (C=O) groups is 1. The third-order valence-electron chi connectivity index (χ3n) is 4.82. The number of nitrogens with zero attached hydrogens (tertiary/aromatic N) is 1. The molecule has 0 spiro atoms. The molecular formula is C13H22Cl2N2O. The largest absolute Gasteiger partial charge is 0.354 e. The number of carbonyl (C=O) groups excluding carboxylic acids is 1. The van der Waals surface area contributed by atoms with Crippen molar-refractivity contribution >= 4 is 29.1 Å². The van der Waals surface area contributed by atoms with E-state index < -0.39 is 9.75 Å². The predicted octanol–water partition coefficient (Wildman–Crippen LogP) is 2.56. The molecule has 0 aromatic heterocycles. The van der Waals surface area contributed by atoms with Crippen LogP contribution in [0.25, 0.3) is 0 Å². The first-order valence-electron chi connectivity index (χ1n) is 6.57. The van der Waals surface area contributed by atoms with E-state index >= 15 is 0 Å². The van der Waals surface area contributed by atoms with Crippen LogP contribution in [0.2, 0.25) is 0 Å². The van der Waals surface area contributed by atoms with Crippen molar-refractivity contribution in [3.63, 3.8) is 0 Å². The molecule has 0 radical (unpaired) electrons. The lowest BCUT2D eigenvalue weighted by Gasteiger charge is -2.36. The molecule has 0 heterocycles. The lowest BCUT2D eigenvalue weighted by atomic mass is 9.95. The van der Waals surface area contributed by atoms with Gasteiger partial charge in [0.1, 0.15) is 4.33 Å². The lowest BCUT2D eigenvalue weighted by Crippen LogP contribution is -2.52. The van der Waals surface area contributed by atoms with Crippen molar-refractivity contribution in [3.05, 3.63) is 0 Å². The van der Waals surface area contributed by atoms with E-state index in [-0.39, 0.29) is 11.4 Å². The summed E-state index contributed by atoms with van der Waals surface area (Å²) in [5.74, 6) is -0.0133. The molecule has 0 aromatic carbocycles. The molecule has 2 saturated carbocycles. The van der Waals surface area contributed by atoms with Gasteiger partial charge in [-0.15, -0.1) is 23.2 Å². The Morgan fingerprint density at radius 3 is 2.17 bits per heavy atom. The molecule has 0 aromatic rings. The Bertz CT molecular complexity index is 351. The second-order valence-corrected chi connectivity index (χ2v) is 7.71. The molecular weight excluding hydrogens is 271 g/mol. The minimum atomic E-state index is -0.877. The minimum Gasteiger partial charge on any atom is -0.354 e. The van der Waals surface area contributed by atoms with Gasteiger partial charge in [-0.2, -0.15) is 0 Å². The Balaban J connectivity index is 1.93. The zero-order chi connectivity index (χ0) is 13.6. The third-order valence-corrected chi connectivity index (χ3v) is 5.92. The molecule has 2 rings (SSSR count). The number of rotatable bonds is 4. The average molecular weight is 293 g/mol. The summed E-state index contributed by atoms with van der Waals surface area (Å²) in [6.07, 6.45) is 5.30. The van der Waals surface area contributed by atoms with Crippen LogP contribution >= 0.6 is 23.2 Å². The summed E-state index contributed by atoms with van der Waals surface area (Å²) in [6, 6.07) is 0. The molecule has 2 fully saturated rings. The highest BCUT2D eigenvalue weighted by Gasteiger charge is 2.67. The highest BCUT2D eigenvalue weighted by molar-refractivity contribution is 6.53. The zero-order valence-corrected chi connectivity index (χ0v) is 12.9. The zero-order valence-electron chi connectivity index (χ0n) is 11.4. The molecule has 3 nitrogen and oxygen atoms in total. The SMILES string of the molecule is CN(C)C1(CNC(=O)[C@]2(C)CC2(Cl)Cl)CCCC1. The first kappa shape index (κ1) is 14.4. The Kier molecular flexibility index (Phi) is 3.63. The quantitative estimate of drug-likeness (QED) is 0.808. The summed E-state index contributed by atoms with van der Waals surface area (Å²) in [7, 11) is 4.17. The molecule has 1 atom stereocenters. The highest BCUT2D eigenvalue weighted by Crippen LogP contribution is 2.63. The Morgan fingerprint density at radius 2 is 1.78 bits per heavy atom. The molecule has 2 aliphatic carbocycles. The van der Waals surface area contributed by atoms with Crippen molar-refractivity contribution in [1.29, 1.82) is 0 Å². The van der Waals surface area contributed by atoms with Crippen LogP contribution in [0.5, 0.6) is 0 Å². The fourth-order valence-corrected chi connectivity index (χ4v) is 3.61. The molecule has 0 bridgehead atoms. The van der Waals surface area contributed by atoms with Crippen LogP contribution in [-0.2, 0) is 4.79 Å². The Morgan fingerprint density at radius 1 is 1.28 bits per heavy atom. The number of nitrogens with one attached hydrogen (secondary N) is 1. The van der Waals surface area contributed by atoms with Gasteiger partial charge in [0.15, 0.2) is 0 Å². The molecule has 2 aliphatic rings. The van der Waals surface area contributed by atoms with E-state index in [0.717, 1.165) is 12.8 Å². The van der Waals surface area contributed by atoms with Gasteiger partial charge in [0.2, 0.25) is 5.91 Å². The maximum Gasteiger partial charge on any atom is 0.229 e. The van der Waals surface area contributed by atoms with Crippen molar-refractivity contribution in [1.82, 2.24) is 10.2 Å². The van der Waals surface area contributed by atoms with E-state index in [2.05, 4.69) is 24.3 Å². The molecule has 104 valence electrons. The van der Waals surface area contributed by atoms with Gasteiger partial charge >= 0.3 is 0 Å². The van der Waals surface area contributed by atoms with E-state index in [1.54, 1.807) is 0 Å². The van der Waals surface area contributed by atoms with Gasteiger partial charge in [0.25, 0.3) is 0 Å². The van der Waals surface area contributed by atoms with Gasteiger partial charge in [-0.1, -0.05) is 12.8 Å². The van der Waals surface area contributed by atoms with Gasteiger partial charge in [-0.3, -0.25) is 4.79 Å². The lowest BCUT2D eigenvalue weighted by molar-refractivity contribution is -0.126. The third kappa shape index (κ3) is 2.25. The second-order valence-electron chi connectivity index (χ2n) is 6.22. The van der Waals surface area contributed by atoms with Crippen LogP contribution in [0.15, 0.2) is 0 Å². The van der Waals surface area contributed by atoms with Gasteiger partial charge in [0, 0.05) is 12.1 Å². The molecule has 0 aliphatic heterocycles. The molecule has 5 heteroatoms. The summed E-state index contributed by atoms with van der Waals surface area (Å²) in [4.78, 5) is 14.4. The van der Waals surface area contributed by atoms with Crippen molar-refractivity contribution in [2.75, 3.05) is 20.6 Å². The summed E-state index contributed by atoms with van der Waals surface area (Å²) in [5, 5.41) is 3.06.